The summed E-state index contributed by atoms with van der Waals surface area (Å²) >= 11 is 0. The zero-order valence-corrected chi connectivity index (χ0v) is 4.54. The Bertz CT molecular complexity index is 148. The van der Waals surface area contributed by atoms with Crippen LogP contribution in [0.2, 0.25) is 0 Å². The first-order valence-electron chi connectivity index (χ1n) is 2.47. The molecule has 0 fully saturated rings. The van der Waals surface area contributed by atoms with Gasteiger partial charge in [0.05, 0.1) is 5.69 Å². The molecule has 0 saturated carbocycles. The average Bonchev–Trinajstić information content (AvgIpc) is 1.90. The van der Waals surface area contributed by atoms with Crippen LogP contribution in [0.1, 0.15) is 5.69 Å². The van der Waals surface area contributed by atoms with Gasteiger partial charge in [-0.25, -0.2) is 0 Å². The van der Waals surface area contributed by atoms with Gasteiger partial charge in [0.1, 0.15) is 0 Å². The summed E-state index contributed by atoms with van der Waals surface area (Å²) in [6.07, 6.45) is 5.75. The van der Waals surface area contributed by atoms with Gasteiger partial charge in [0.15, 0.2) is 0 Å². The summed E-state index contributed by atoms with van der Waals surface area (Å²) in [5.74, 6) is 0. The van der Waals surface area contributed by atoms with E-state index in [9.17, 15) is 0 Å². The summed E-state index contributed by atoms with van der Waals surface area (Å²) in [6.45, 7) is 3.65. The Labute approximate surface area is 48.6 Å². The second-order valence-corrected chi connectivity index (χ2v) is 1.45. The Morgan fingerprint density at radius 2 is 2.38 bits per heavy atom. The van der Waals surface area contributed by atoms with Crippen molar-refractivity contribution in [1.29, 1.82) is 0 Å². The minimum Gasteiger partial charge on any atom is -0.261 e. The molecule has 1 aromatic heterocycles. The first kappa shape index (κ1) is 5.22. The van der Waals surface area contributed by atoms with E-state index < -0.39 is 0 Å². The maximum absolute atomic E-state index is 3.97. The third-order valence-corrected chi connectivity index (χ3v) is 0.873. The van der Waals surface area contributed by atoms with Gasteiger partial charge >= 0.3 is 0 Å². The predicted octanol–water partition coefficient (Wildman–Crippen LogP) is 0.853. The molecule has 1 aromatic rings. The number of aromatic nitrogens is 2. The van der Waals surface area contributed by atoms with Crippen LogP contribution in [0.25, 0.3) is 0 Å². The van der Waals surface area contributed by atoms with Crippen molar-refractivity contribution in [2.45, 2.75) is 6.42 Å². The topological polar surface area (TPSA) is 25.8 Å². The standard InChI is InChI=1S/C6H7N2/c1-2-6-5-7-3-4-8-6/h3-5H,1-2H2. The van der Waals surface area contributed by atoms with E-state index in [0.717, 1.165) is 5.69 Å². The molecule has 2 heteroatoms. The molecule has 0 spiro atoms. The van der Waals surface area contributed by atoms with Crippen LogP contribution >= 0.6 is 0 Å². The van der Waals surface area contributed by atoms with E-state index in [2.05, 4.69) is 16.9 Å². The fraction of sp³-hybridized carbons (Fsp3) is 0.167. The molecule has 0 aliphatic carbocycles. The van der Waals surface area contributed by atoms with E-state index in [0.29, 0.717) is 6.42 Å². The maximum atomic E-state index is 3.97. The van der Waals surface area contributed by atoms with Crippen LogP contribution in [0, 0.1) is 6.92 Å². The number of rotatable bonds is 1. The van der Waals surface area contributed by atoms with Gasteiger partial charge in [-0.2, -0.15) is 0 Å². The molecule has 41 valence electrons. The summed E-state index contributed by atoms with van der Waals surface area (Å²) in [6, 6.07) is 0. The van der Waals surface area contributed by atoms with Crippen LogP contribution in [0.3, 0.4) is 0 Å². The first-order valence-corrected chi connectivity index (χ1v) is 2.47. The van der Waals surface area contributed by atoms with Crippen molar-refractivity contribution in [3.05, 3.63) is 31.2 Å². The van der Waals surface area contributed by atoms with Crippen molar-refractivity contribution in [3.8, 4) is 0 Å². The Balaban J connectivity index is 2.83. The van der Waals surface area contributed by atoms with Crippen LogP contribution in [0.5, 0.6) is 0 Å². The van der Waals surface area contributed by atoms with E-state index in [4.69, 9.17) is 0 Å². The molecule has 0 saturated heterocycles. The van der Waals surface area contributed by atoms with Gasteiger partial charge in [0, 0.05) is 18.6 Å². The van der Waals surface area contributed by atoms with Crippen LogP contribution in [-0.4, -0.2) is 9.97 Å². The molecule has 0 aliphatic rings. The zero-order chi connectivity index (χ0) is 5.82. The first-order chi connectivity index (χ1) is 3.93. The largest absolute Gasteiger partial charge is 0.261 e. The third-order valence-electron chi connectivity index (χ3n) is 0.873. The van der Waals surface area contributed by atoms with E-state index in [1.54, 1.807) is 18.6 Å². The molecule has 1 heterocycles. The van der Waals surface area contributed by atoms with Gasteiger partial charge < -0.3 is 0 Å². The van der Waals surface area contributed by atoms with Gasteiger partial charge in [0.2, 0.25) is 0 Å². The lowest BCUT2D eigenvalue weighted by molar-refractivity contribution is 1.05. The second-order valence-electron chi connectivity index (χ2n) is 1.45. The highest BCUT2D eigenvalue weighted by Gasteiger charge is 1.83. The van der Waals surface area contributed by atoms with Crippen LogP contribution in [0.15, 0.2) is 18.6 Å². The Morgan fingerprint density at radius 3 is 2.75 bits per heavy atom. The lowest BCUT2D eigenvalue weighted by Crippen LogP contribution is -1.84. The van der Waals surface area contributed by atoms with E-state index in [1.165, 1.54) is 0 Å². The number of hydrogen-bond acceptors (Lipinski definition) is 2. The monoisotopic (exact) mass is 107 g/mol. The van der Waals surface area contributed by atoms with Crippen molar-refractivity contribution >= 4 is 0 Å². The SMILES string of the molecule is [CH2]Cc1cnccn1. The minimum absolute atomic E-state index is 0.716. The summed E-state index contributed by atoms with van der Waals surface area (Å²) in [7, 11) is 0. The van der Waals surface area contributed by atoms with Crippen LogP contribution in [0.4, 0.5) is 0 Å². The fourth-order valence-corrected chi connectivity index (χ4v) is 0.459. The number of nitrogens with zero attached hydrogens (tertiary/aromatic N) is 2. The predicted molar refractivity (Wildman–Crippen MR) is 31.1 cm³/mol. The highest BCUT2D eigenvalue weighted by Crippen LogP contribution is 1.87. The number of hydrogen-bond donors (Lipinski definition) is 0. The zero-order valence-electron chi connectivity index (χ0n) is 4.54. The maximum Gasteiger partial charge on any atom is 0.0586 e. The molecular formula is C6H7N2. The van der Waals surface area contributed by atoms with Gasteiger partial charge in [-0.05, 0) is 13.3 Å². The molecule has 0 amide bonds. The summed E-state index contributed by atoms with van der Waals surface area (Å²) in [5.41, 5.74) is 0.938. The van der Waals surface area contributed by atoms with Gasteiger partial charge in [-0.1, -0.05) is 0 Å². The van der Waals surface area contributed by atoms with Crippen molar-refractivity contribution in [3.63, 3.8) is 0 Å². The minimum atomic E-state index is 0.716. The molecule has 0 aliphatic heterocycles. The van der Waals surface area contributed by atoms with Gasteiger partial charge in [0.25, 0.3) is 0 Å². The smallest absolute Gasteiger partial charge is 0.0586 e. The van der Waals surface area contributed by atoms with E-state index in [-0.39, 0.29) is 0 Å². The molecular weight excluding hydrogens is 100 g/mol. The summed E-state index contributed by atoms with van der Waals surface area (Å²) in [5, 5.41) is 0. The van der Waals surface area contributed by atoms with Crippen molar-refractivity contribution in [2.24, 2.45) is 0 Å². The molecule has 1 radical (unpaired) electrons. The summed E-state index contributed by atoms with van der Waals surface area (Å²) in [4.78, 5) is 7.83. The second kappa shape index (κ2) is 2.40. The van der Waals surface area contributed by atoms with Crippen LogP contribution in [-0.2, 0) is 6.42 Å². The van der Waals surface area contributed by atoms with Crippen LogP contribution < -0.4 is 0 Å². The molecule has 0 aromatic carbocycles. The molecule has 2 nitrogen and oxygen atoms in total. The molecule has 0 bridgehead atoms. The van der Waals surface area contributed by atoms with Crippen molar-refractivity contribution < 1.29 is 0 Å². The quantitative estimate of drug-likeness (QED) is 0.531. The van der Waals surface area contributed by atoms with Gasteiger partial charge in [-0.15, -0.1) is 0 Å². The van der Waals surface area contributed by atoms with Crippen molar-refractivity contribution in [1.82, 2.24) is 9.97 Å². The van der Waals surface area contributed by atoms with E-state index in [1.807, 2.05) is 0 Å². The summed E-state index contributed by atoms with van der Waals surface area (Å²) < 4.78 is 0. The molecule has 8 heavy (non-hydrogen) atoms. The molecule has 0 unspecified atom stereocenters. The highest BCUT2D eigenvalue weighted by atomic mass is 14.8. The lowest BCUT2D eigenvalue weighted by atomic mass is 10.4. The molecule has 0 N–H and O–H groups in total. The lowest BCUT2D eigenvalue weighted by Gasteiger charge is -1.87. The normalized spacial score (nSPS) is 9.12. The van der Waals surface area contributed by atoms with Crippen molar-refractivity contribution in [2.75, 3.05) is 0 Å². The third kappa shape index (κ3) is 1.03. The molecule has 0 atom stereocenters. The Morgan fingerprint density at radius 1 is 1.50 bits per heavy atom. The molecule has 1 rings (SSSR count). The highest BCUT2D eigenvalue weighted by molar-refractivity contribution is 4.94. The average molecular weight is 107 g/mol. The van der Waals surface area contributed by atoms with Gasteiger partial charge in [-0.3, -0.25) is 9.97 Å². The fourth-order valence-electron chi connectivity index (χ4n) is 0.459. The Hall–Kier alpha value is -0.920. The Kier molecular flexibility index (Phi) is 1.57. The van der Waals surface area contributed by atoms with E-state index >= 15 is 0 Å².